The smallest absolute Gasteiger partial charge is 0.230 e. The van der Waals surface area contributed by atoms with E-state index in [0.29, 0.717) is 11.7 Å². The topological polar surface area (TPSA) is 54.0 Å². The van der Waals surface area contributed by atoms with Crippen LogP contribution >= 0.6 is 11.3 Å². The fraction of sp³-hybridized carbons (Fsp3) is 0.375. The summed E-state index contributed by atoms with van der Waals surface area (Å²) >= 11 is 1.45. The number of hydrogen-bond acceptors (Lipinski definition) is 4. The summed E-state index contributed by atoms with van der Waals surface area (Å²) < 4.78 is 0. The second kappa shape index (κ2) is 7.33. The molecule has 2 N–H and O–H groups in total. The normalized spacial score (nSPS) is 12.1. The Morgan fingerprint density at radius 1 is 1.33 bits per heavy atom. The quantitative estimate of drug-likeness (QED) is 0.862. The van der Waals surface area contributed by atoms with Crippen LogP contribution in [0.15, 0.2) is 29.6 Å². The van der Waals surface area contributed by atoms with E-state index < -0.39 is 0 Å². The summed E-state index contributed by atoms with van der Waals surface area (Å²) in [5.74, 6) is -0.0854. The van der Waals surface area contributed by atoms with E-state index in [0.717, 1.165) is 17.7 Å². The highest BCUT2D eigenvalue weighted by atomic mass is 32.1. The summed E-state index contributed by atoms with van der Waals surface area (Å²) in [6, 6.07) is 8.37. The predicted octanol–water partition coefficient (Wildman–Crippen LogP) is 3.17. The summed E-state index contributed by atoms with van der Waals surface area (Å²) in [5.41, 5.74) is 3.29. The number of hydrogen-bond donors (Lipinski definition) is 2. The lowest BCUT2D eigenvalue weighted by Gasteiger charge is -2.09. The van der Waals surface area contributed by atoms with Crippen molar-refractivity contribution in [2.24, 2.45) is 5.92 Å². The Bertz CT molecular complexity index is 592. The number of carbonyl (C=O) groups is 1. The van der Waals surface area contributed by atoms with Gasteiger partial charge in [0.1, 0.15) is 0 Å². The van der Waals surface area contributed by atoms with E-state index in [9.17, 15) is 4.79 Å². The van der Waals surface area contributed by atoms with Crippen molar-refractivity contribution < 1.29 is 4.79 Å². The number of nitrogens with zero attached hydrogens (tertiary/aromatic N) is 1. The standard InChI is InChI=1S/C16H21N3OS/c1-4-12-5-7-13(8-6-12)14-10-21-16(18-14)19-15(20)11(2)9-17-3/h5-8,10-11,17H,4,9H2,1-3H3,(H,18,19,20). The third-order valence-corrected chi connectivity index (χ3v) is 4.11. The van der Waals surface area contributed by atoms with Gasteiger partial charge in [-0.15, -0.1) is 11.3 Å². The van der Waals surface area contributed by atoms with Crippen LogP contribution in [0.5, 0.6) is 0 Å². The SMILES string of the molecule is CCc1ccc(-c2csc(NC(=O)C(C)CNC)n2)cc1. The Labute approximate surface area is 129 Å². The van der Waals surface area contributed by atoms with Crippen molar-refractivity contribution in [2.75, 3.05) is 18.9 Å². The molecule has 2 aromatic rings. The maximum absolute atomic E-state index is 11.9. The van der Waals surface area contributed by atoms with E-state index in [1.54, 1.807) is 0 Å². The van der Waals surface area contributed by atoms with E-state index in [1.807, 2.05) is 19.4 Å². The molecule has 1 aromatic carbocycles. The van der Waals surface area contributed by atoms with Crippen LogP contribution in [0, 0.1) is 5.92 Å². The number of amides is 1. The highest BCUT2D eigenvalue weighted by molar-refractivity contribution is 7.14. The highest BCUT2D eigenvalue weighted by Crippen LogP contribution is 2.25. The number of aromatic nitrogens is 1. The highest BCUT2D eigenvalue weighted by Gasteiger charge is 2.14. The van der Waals surface area contributed by atoms with Crippen LogP contribution in [0.1, 0.15) is 19.4 Å². The van der Waals surface area contributed by atoms with Crippen LogP contribution in [0.4, 0.5) is 5.13 Å². The molecule has 1 aromatic heterocycles. The van der Waals surface area contributed by atoms with Crippen molar-refractivity contribution in [2.45, 2.75) is 20.3 Å². The van der Waals surface area contributed by atoms with Crippen molar-refractivity contribution in [1.29, 1.82) is 0 Å². The molecule has 0 radical (unpaired) electrons. The minimum Gasteiger partial charge on any atom is -0.319 e. The van der Waals surface area contributed by atoms with Gasteiger partial charge < -0.3 is 10.6 Å². The average Bonchev–Trinajstić information content (AvgIpc) is 2.96. The van der Waals surface area contributed by atoms with E-state index in [1.165, 1.54) is 16.9 Å². The van der Waals surface area contributed by atoms with Gasteiger partial charge in [0.2, 0.25) is 5.91 Å². The van der Waals surface area contributed by atoms with Crippen molar-refractivity contribution in [1.82, 2.24) is 10.3 Å². The molecular weight excluding hydrogens is 282 g/mol. The number of aryl methyl sites for hydroxylation is 1. The molecule has 5 heteroatoms. The molecule has 2 rings (SSSR count). The van der Waals surface area contributed by atoms with Gasteiger partial charge in [0, 0.05) is 23.4 Å². The monoisotopic (exact) mass is 303 g/mol. The first-order valence-electron chi connectivity index (χ1n) is 7.14. The van der Waals surface area contributed by atoms with Crippen molar-refractivity contribution in [3.8, 4) is 11.3 Å². The average molecular weight is 303 g/mol. The van der Waals surface area contributed by atoms with Gasteiger partial charge in [-0.25, -0.2) is 4.98 Å². The molecule has 0 spiro atoms. The fourth-order valence-electron chi connectivity index (χ4n) is 2.00. The molecule has 0 aliphatic rings. The molecule has 0 fully saturated rings. The maximum atomic E-state index is 11.9. The number of nitrogens with one attached hydrogen (secondary N) is 2. The van der Waals surface area contributed by atoms with Gasteiger partial charge in [-0.2, -0.15) is 0 Å². The van der Waals surface area contributed by atoms with E-state index in [2.05, 4.69) is 46.8 Å². The van der Waals surface area contributed by atoms with Crippen LogP contribution in [-0.4, -0.2) is 24.5 Å². The zero-order valence-electron chi connectivity index (χ0n) is 12.6. The summed E-state index contributed by atoms with van der Waals surface area (Å²) in [6.45, 7) is 4.68. The number of rotatable bonds is 6. The van der Waals surface area contributed by atoms with Crippen LogP contribution < -0.4 is 10.6 Å². The molecule has 1 amide bonds. The van der Waals surface area contributed by atoms with E-state index >= 15 is 0 Å². The molecule has 0 aliphatic heterocycles. The second-order valence-electron chi connectivity index (χ2n) is 5.04. The van der Waals surface area contributed by atoms with Crippen molar-refractivity contribution in [3.63, 3.8) is 0 Å². The van der Waals surface area contributed by atoms with Crippen LogP contribution in [-0.2, 0) is 11.2 Å². The lowest BCUT2D eigenvalue weighted by atomic mass is 10.1. The Kier molecular flexibility index (Phi) is 5.47. The minimum atomic E-state index is -0.0776. The summed E-state index contributed by atoms with van der Waals surface area (Å²) in [7, 11) is 1.84. The molecule has 21 heavy (non-hydrogen) atoms. The third-order valence-electron chi connectivity index (χ3n) is 3.35. The van der Waals surface area contributed by atoms with Gasteiger partial charge >= 0.3 is 0 Å². The first-order chi connectivity index (χ1) is 10.1. The first kappa shape index (κ1) is 15.7. The van der Waals surface area contributed by atoms with E-state index in [-0.39, 0.29) is 11.8 Å². The van der Waals surface area contributed by atoms with Crippen LogP contribution in [0.25, 0.3) is 11.3 Å². The Hall–Kier alpha value is -1.72. The molecule has 0 bridgehead atoms. The lowest BCUT2D eigenvalue weighted by Crippen LogP contribution is -2.28. The molecule has 1 unspecified atom stereocenters. The zero-order chi connectivity index (χ0) is 15.2. The molecular formula is C16H21N3OS. The van der Waals surface area contributed by atoms with Gasteiger partial charge in [0.05, 0.1) is 5.69 Å². The number of benzene rings is 1. The Balaban J connectivity index is 2.05. The molecule has 112 valence electrons. The number of thiazole rings is 1. The fourth-order valence-corrected chi connectivity index (χ4v) is 2.73. The van der Waals surface area contributed by atoms with Gasteiger partial charge in [0.15, 0.2) is 5.13 Å². The Morgan fingerprint density at radius 3 is 2.67 bits per heavy atom. The first-order valence-corrected chi connectivity index (χ1v) is 8.02. The molecule has 1 heterocycles. The number of anilines is 1. The minimum absolute atomic E-state index is 0.00780. The van der Waals surface area contributed by atoms with Gasteiger partial charge in [-0.05, 0) is 19.0 Å². The molecule has 0 saturated heterocycles. The van der Waals surface area contributed by atoms with Crippen molar-refractivity contribution in [3.05, 3.63) is 35.2 Å². The van der Waals surface area contributed by atoms with Crippen molar-refractivity contribution >= 4 is 22.4 Å². The van der Waals surface area contributed by atoms with Gasteiger partial charge in [-0.1, -0.05) is 38.1 Å². The van der Waals surface area contributed by atoms with Gasteiger partial charge in [-0.3, -0.25) is 4.79 Å². The second-order valence-corrected chi connectivity index (χ2v) is 5.89. The molecule has 1 atom stereocenters. The third kappa shape index (κ3) is 4.12. The molecule has 0 saturated carbocycles. The van der Waals surface area contributed by atoms with Crippen LogP contribution in [0.2, 0.25) is 0 Å². The molecule has 0 aliphatic carbocycles. The zero-order valence-corrected chi connectivity index (χ0v) is 13.5. The summed E-state index contributed by atoms with van der Waals surface area (Å²) in [6.07, 6.45) is 1.03. The summed E-state index contributed by atoms with van der Waals surface area (Å²) in [5, 5.41) is 8.49. The predicted molar refractivity (Wildman–Crippen MR) is 88.6 cm³/mol. The van der Waals surface area contributed by atoms with Gasteiger partial charge in [0.25, 0.3) is 0 Å². The summed E-state index contributed by atoms with van der Waals surface area (Å²) in [4.78, 5) is 16.4. The van der Waals surface area contributed by atoms with E-state index in [4.69, 9.17) is 0 Å². The largest absolute Gasteiger partial charge is 0.319 e. The number of carbonyl (C=O) groups excluding carboxylic acids is 1. The maximum Gasteiger partial charge on any atom is 0.230 e. The lowest BCUT2D eigenvalue weighted by molar-refractivity contribution is -0.119. The van der Waals surface area contributed by atoms with Crippen LogP contribution in [0.3, 0.4) is 0 Å². The Morgan fingerprint density at radius 2 is 2.05 bits per heavy atom. The molecule has 4 nitrogen and oxygen atoms in total.